The molecule has 1 fully saturated rings. The van der Waals surface area contributed by atoms with Gasteiger partial charge in [0.05, 0.1) is 23.0 Å². The third-order valence-electron chi connectivity index (χ3n) is 6.15. The van der Waals surface area contributed by atoms with E-state index in [2.05, 4.69) is 15.1 Å². The summed E-state index contributed by atoms with van der Waals surface area (Å²) >= 11 is 0. The van der Waals surface area contributed by atoms with Crippen LogP contribution in [0.1, 0.15) is 41.7 Å². The predicted molar refractivity (Wildman–Crippen MR) is 117 cm³/mol. The monoisotopic (exact) mass is 510 g/mol. The first-order valence-corrected chi connectivity index (χ1v) is 11.3. The second kappa shape index (κ2) is 8.79. The van der Waals surface area contributed by atoms with Crippen molar-refractivity contribution in [2.45, 2.75) is 44.6 Å². The number of aromatic nitrogens is 5. The summed E-state index contributed by atoms with van der Waals surface area (Å²) in [5, 5.41) is 4.23. The molecule has 7 nitrogen and oxygen atoms in total. The standard InChI is InChI=1S/C23H20F6N6O/c24-22(25,26)13-35-17-9-16(21(36)33-7-3-1-2-4-8-33)30-10-15(17)20(32-35)18-11-31-19-6-5-14(12-34(18)19)23(27,28)29/h5-6,9-12H,1-4,7-8,13H2. The number of amides is 1. The molecule has 36 heavy (non-hydrogen) atoms. The molecule has 1 aliphatic rings. The number of likely N-dealkylation sites (tertiary alicyclic amines) is 1. The SMILES string of the molecule is O=C(c1cc2c(cn1)c(-c1cnc3ccc(C(F)(F)F)cn13)nn2CC(F)(F)F)N1CCCCCC1. The Morgan fingerprint density at radius 2 is 1.67 bits per heavy atom. The zero-order valence-corrected chi connectivity index (χ0v) is 18.8. The lowest BCUT2D eigenvalue weighted by molar-refractivity contribution is -0.142. The highest BCUT2D eigenvalue weighted by atomic mass is 19.4. The van der Waals surface area contributed by atoms with Crippen molar-refractivity contribution in [2.24, 2.45) is 0 Å². The van der Waals surface area contributed by atoms with Crippen molar-refractivity contribution in [3.05, 3.63) is 48.0 Å². The third kappa shape index (κ3) is 4.61. The molecule has 4 aromatic rings. The van der Waals surface area contributed by atoms with E-state index in [1.165, 1.54) is 18.5 Å². The van der Waals surface area contributed by atoms with E-state index >= 15 is 0 Å². The molecule has 0 bridgehead atoms. The molecule has 0 N–H and O–H groups in total. The minimum Gasteiger partial charge on any atom is -0.337 e. The lowest BCUT2D eigenvalue weighted by Gasteiger charge is -2.19. The highest BCUT2D eigenvalue weighted by Crippen LogP contribution is 2.33. The Balaban J connectivity index is 1.64. The molecule has 5 rings (SSSR count). The molecule has 0 saturated carbocycles. The third-order valence-corrected chi connectivity index (χ3v) is 6.15. The summed E-state index contributed by atoms with van der Waals surface area (Å²) in [6.07, 6.45) is -2.31. The molecule has 1 amide bonds. The fourth-order valence-corrected chi connectivity index (χ4v) is 4.42. The van der Waals surface area contributed by atoms with Gasteiger partial charge in [-0.15, -0.1) is 0 Å². The van der Waals surface area contributed by atoms with Crippen LogP contribution in [0.4, 0.5) is 26.3 Å². The smallest absolute Gasteiger partial charge is 0.337 e. The van der Waals surface area contributed by atoms with E-state index in [9.17, 15) is 31.1 Å². The Morgan fingerprint density at radius 1 is 0.944 bits per heavy atom. The van der Waals surface area contributed by atoms with E-state index in [1.54, 1.807) is 4.90 Å². The van der Waals surface area contributed by atoms with Crippen LogP contribution in [0.15, 0.2) is 36.8 Å². The van der Waals surface area contributed by atoms with Crippen molar-refractivity contribution >= 4 is 22.5 Å². The van der Waals surface area contributed by atoms with Crippen LogP contribution in [0.25, 0.3) is 27.9 Å². The topological polar surface area (TPSA) is 68.3 Å². The number of fused-ring (bicyclic) bond motifs is 2. The number of imidazole rings is 1. The summed E-state index contributed by atoms with van der Waals surface area (Å²) < 4.78 is 81.7. The number of hydrogen-bond donors (Lipinski definition) is 0. The summed E-state index contributed by atoms with van der Waals surface area (Å²) in [7, 11) is 0. The summed E-state index contributed by atoms with van der Waals surface area (Å²) in [5.41, 5.74) is -0.763. The van der Waals surface area contributed by atoms with Gasteiger partial charge in [-0.05, 0) is 31.0 Å². The molecule has 0 aliphatic carbocycles. The zero-order valence-electron chi connectivity index (χ0n) is 18.8. The van der Waals surface area contributed by atoms with E-state index in [-0.39, 0.29) is 39.5 Å². The van der Waals surface area contributed by atoms with Gasteiger partial charge in [0.15, 0.2) is 0 Å². The zero-order chi connectivity index (χ0) is 25.7. The van der Waals surface area contributed by atoms with E-state index in [4.69, 9.17) is 0 Å². The maximum atomic E-state index is 13.4. The first kappa shape index (κ1) is 24.1. The van der Waals surface area contributed by atoms with Gasteiger partial charge in [0, 0.05) is 30.9 Å². The average Bonchev–Trinajstić information content (AvgIpc) is 3.25. The second-order valence-electron chi connectivity index (χ2n) is 8.70. The minimum atomic E-state index is -4.63. The number of carbonyl (C=O) groups excluding carboxylic acids is 1. The minimum absolute atomic E-state index is 0.00239. The Morgan fingerprint density at radius 3 is 2.33 bits per heavy atom. The van der Waals surface area contributed by atoms with E-state index in [0.717, 1.165) is 48.4 Å². The number of alkyl halides is 6. The number of pyridine rings is 2. The van der Waals surface area contributed by atoms with Crippen molar-refractivity contribution in [1.29, 1.82) is 0 Å². The van der Waals surface area contributed by atoms with Gasteiger partial charge in [0.1, 0.15) is 23.6 Å². The van der Waals surface area contributed by atoms with Gasteiger partial charge in [-0.3, -0.25) is 18.9 Å². The largest absolute Gasteiger partial charge is 0.417 e. The van der Waals surface area contributed by atoms with Gasteiger partial charge in [0.2, 0.25) is 0 Å². The lowest BCUT2D eigenvalue weighted by Crippen LogP contribution is -2.32. The summed E-state index contributed by atoms with van der Waals surface area (Å²) in [4.78, 5) is 22.9. The summed E-state index contributed by atoms with van der Waals surface area (Å²) in [6.45, 7) is -0.376. The number of rotatable bonds is 3. The molecule has 0 spiro atoms. The Kier molecular flexibility index (Phi) is 5.87. The van der Waals surface area contributed by atoms with Crippen LogP contribution in [-0.4, -0.2) is 54.2 Å². The van der Waals surface area contributed by atoms with Crippen LogP contribution in [0.2, 0.25) is 0 Å². The van der Waals surface area contributed by atoms with Crippen LogP contribution >= 0.6 is 0 Å². The maximum absolute atomic E-state index is 13.4. The maximum Gasteiger partial charge on any atom is 0.417 e. The molecule has 0 aromatic carbocycles. The Hall–Kier alpha value is -3.64. The molecule has 1 aliphatic heterocycles. The fraction of sp³-hybridized carbons (Fsp3) is 0.391. The van der Waals surface area contributed by atoms with Crippen molar-refractivity contribution in [1.82, 2.24) is 29.0 Å². The van der Waals surface area contributed by atoms with Crippen molar-refractivity contribution in [3.63, 3.8) is 0 Å². The van der Waals surface area contributed by atoms with Crippen molar-refractivity contribution < 1.29 is 31.1 Å². The molecular formula is C23H20F6N6O. The van der Waals surface area contributed by atoms with Crippen LogP contribution in [0, 0.1) is 0 Å². The van der Waals surface area contributed by atoms with Crippen LogP contribution in [0.3, 0.4) is 0 Å². The second-order valence-corrected chi connectivity index (χ2v) is 8.70. The Bertz CT molecular complexity index is 1430. The number of nitrogens with zero attached hydrogens (tertiary/aromatic N) is 6. The molecule has 4 aromatic heterocycles. The van der Waals surface area contributed by atoms with Gasteiger partial charge in [0.25, 0.3) is 5.91 Å². The number of halogens is 6. The van der Waals surface area contributed by atoms with E-state index < -0.39 is 24.5 Å². The highest BCUT2D eigenvalue weighted by molar-refractivity contribution is 5.99. The number of carbonyl (C=O) groups is 1. The molecule has 190 valence electrons. The van der Waals surface area contributed by atoms with Gasteiger partial charge in [-0.1, -0.05) is 12.8 Å². The number of hydrogen-bond acceptors (Lipinski definition) is 4. The highest BCUT2D eigenvalue weighted by Gasteiger charge is 2.33. The van der Waals surface area contributed by atoms with Crippen LogP contribution < -0.4 is 0 Å². The van der Waals surface area contributed by atoms with Gasteiger partial charge in [-0.2, -0.15) is 31.4 Å². The predicted octanol–water partition coefficient (Wildman–Crippen LogP) is 5.34. The normalized spacial score (nSPS) is 15.6. The quantitative estimate of drug-likeness (QED) is 0.349. The molecule has 1 saturated heterocycles. The first-order valence-electron chi connectivity index (χ1n) is 11.3. The van der Waals surface area contributed by atoms with E-state index in [0.29, 0.717) is 17.8 Å². The molecular weight excluding hydrogens is 490 g/mol. The molecule has 13 heteroatoms. The van der Waals surface area contributed by atoms with Crippen molar-refractivity contribution in [3.8, 4) is 11.4 Å². The molecule has 0 radical (unpaired) electrons. The fourth-order valence-electron chi connectivity index (χ4n) is 4.42. The average molecular weight is 510 g/mol. The molecule has 0 atom stereocenters. The Labute approximate surface area is 200 Å². The van der Waals surface area contributed by atoms with Gasteiger partial charge >= 0.3 is 12.4 Å². The molecule has 0 unspecified atom stereocenters. The van der Waals surface area contributed by atoms with Gasteiger partial charge in [-0.25, -0.2) is 4.98 Å². The summed E-state index contributed by atoms with van der Waals surface area (Å²) in [5.74, 6) is -0.385. The summed E-state index contributed by atoms with van der Waals surface area (Å²) in [6, 6.07) is 3.29. The lowest BCUT2D eigenvalue weighted by atomic mass is 10.2. The van der Waals surface area contributed by atoms with Gasteiger partial charge < -0.3 is 4.90 Å². The van der Waals surface area contributed by atoms with Crippen LogP contribution in [0.5, 0.6) is 0 Å². The van der Waals surface area contributed by atoms with Crippen LogP contribution in [-0.2, 0) is 12.7 Å². The van der Waals surface area contributed by atoms with Crippen molar-refractivity contribution in [2.75, 3.05) is 13.1 Å². The first-order chi connectivity index (χ1) is 17.0. The van der Waals surface area contributed by atoms with E-state index in [1.807, 2.05) is 0 Å². The molecule has 5 heterocycles.